The SMILES string of the molecule is CCOc1cc(C(C(=O)N[C@@H](C)c2ccccc2)N(N)c2ccc3cnccc3c2)ccc1OC(C)C.O=C(O)C(F)(F)F. The first kappa shape index (κ1) is 33.7. The molecule has 0 saturated carbocycles. The number of nitrogens with zero attached hydrogens (tertiary/aromatic N) is 2. The summed E-state index contributed by atoms with van der Waals surface area (Å²) in [4.78, 5) is 26.9. The number of ether oxygens (including phenoxy) is 2. The fourth-order valence-corrected chi connectivity index (χ4v) is 4.25. The number of alkyl halides is 3. The maximum absolute atomic E-state index is 13.8. The Labute approximate surface area is 253 Å². The van der Waals surface area contributed by atoms with Crippen molar-refractivity contribution in [3.8, 4) is 11.5 Å². The Hall–Kier alpha value is -4.84. The highest BCUT2D eigenvalue weighted by molar-refractivity contribution is 5.89. The zero-order valence-corrected chi connectivity index (χ0v) is 24.7. The molecule has 1 amide bonds. The summed E-state index contributed by atoms with van der Waals surface area (Å²) < 4.78 is 43.5. The van der Waals surface area contributed by atoms with Crippen LogP contribution in [0.2, 0.25) is 0 Å². The number of aliphatic carboxylic acids is 1. The van der Waals surface area contributed by atoms with Gasteiger partial charge < -0.3 is 19.9 Å². The van der Waals surface area contributed by atoms with Crippen LogP contribution in [0.4, 0.5) is 18.9 Å². The number of fused-ring (bicyclic) bond motifs is 1. The van der Waals surface area contributed by atoms with Gasteiger partial charge in [0.25, 0.3) is 0 Å². The number of carbonyl (C=O) groups is 2. The molecule has 1 aromatic heterocycles. The predicted molar refractivity (Wildman–Crippen MR) is 161 cm³/mol. The van der Waals surface area contributed by atoms with Gasteiger partial charge in [-0.05, 0) is 74.5 Å². The van der Waals surface area contributed by atoms with Gasteiger partial charge in [-0.15, -0.1) is 0 Å². The van der Waals surface area contributed by atoms with Crippen molar-refractivity contribution in [2.45, 2.75) is 52.1 Å². The van der Waals surface area contributed by atoms with Gasteiger partial charge in [-0.2, -0.15) is 13.2 Å². The quantitative estimate of drug-likeness (QED) is 0.140. The molecule has 234 valence electrons. The van der Waals surface area contributed by atoms with Gasteiger partial charge in [0.2, 0.25) is 5.91 Å². The standard InChI is InChI=1S/C30H34N4O3.C2HF3O2/c1-5-36-28-18-24(12-14-27(28)37-20(2)3)29(30(35)33-21(4)22-9-7-6-8-10-22)34(31)26-13-11-25-19-32-16-15-23(25)17-26;3-2(4,5)1(6)7/h6-21,29H,5,31H2,1-4H3,(H,33,35);(H,6,7)/t21-,29?;/m0./s1. The number of anilines is 1. The number of carboxylic acid groups (broad SMARTS) is 1. The van der Waals surface area contributed by atoms with Crippen LogP contribution in [-0.4, -0.2) is 40.9 Å². The summed E-state index contributed by atoms with van der Waals surface area (Å²) in [7, 11) is 0. The second-order valence-electron chi connectivity index (χ2n) is 9.97. The molecular formula is C32H35F3N4O5. The lowest BCUT2D eigenvalue weighted by Crippen LogP contribution is -2.45. The Morgan fingerprint density at radius 2 is 1.64 bits per heavy atom. The number of halogens is 3. The minimum Gasteiger partial charge on any atom is -0.490 e. The molecular weight excluding hydrogens is 577 g/mol. The highest BCUT2D eigenvalue weighted by Crippen LogP contribution is 2.35. The predicted octanol–water partition coefficient (Wildman–Crippen LogP) is 6.35. The number of hydrogen-bond donors (Lipinski definition) is 3. The van der Waals surface area contributed by atoms with E-state index in [1.807, 2.05) is 100 Å². The monoisotopic (exact) mass is 612 g/mol. The second-order valence-corrected chi connectivity index (χ2v) is 9.97. The van der Waals surface area contributed by atoms with Crippen molar-refractivity contribution in [1.29, 1.82) is 0 Å². The zero-order chi connectivity index (χ0) is 32.4. The van der Waals surface area contributed by atoms with Crippen molar-refractivity contribution >= 4 is 28.3 Å². The maximum atomic E-state index is 13.8. The lowest BCUT2D eigenvalue weighted by Gasteiger charge is -2.30. The van der Waals surface area contributed by atoms with E-state index in [2.05, 4.69) is 10.3 Å². The van der Waals surface area contributed by atoms with E-state index >= 15 is 0 Å². The van der Waals surface area contributed by atoms with Crippen LogP contribution in [0.5, 0.6) is 11.5 Å². The number of hydrazine groups is 1. The average Bonchev–Trinajstić information content (AvgIpc) is 2.98. The largest absolute Gasteiger partial charge is 0.490 e. The molecule has 44 heavy (non-hydrogen) atoms. The van der Waals surface area contributed by atoms with E-state index < -0.39 is 18.2 Å². The van der Waals surface area contributed by atoms with Crippen LogP contribution >= 0.6 is 0 Å². The van der Waals surface area contributed by atoms with Crippen molar-refractivity contribution < 1.29 is 37.3 Å². The first-order valence-corrected chi connectivity index (χ1v) is 13.8. The number of benzene rings is 3. The van der Waals surface area contributed by atoms with Gasteiger partial charge in [-0.1, -0.05) is 42.5 Å². The number of pyridine rings is 1. The molecule has 2 atom stereocenters. The number of hydrogen-bond acceptors (Lipinski definition) is 7. The number of aromatic nitrogens is 1. The molecule has 4 aromatic rings. The molecule has 0 bridgehead atoms. The maximum Gasteiger partial charge on any atom is 0.490 e. The summed E-state index contributed by atoms with van der Waals surface area (Å²) in [5, 5.41) is 13.7. The smallest absolute Gasteiger partial charge is 0.490 e. The molecule has 4 rings (SSSR count). The molecule has 0 saturated heterocycles. The first-order valence-electron chi connectivity index (χ1n) is 13.8. The molecule has 1 unspecified atom stereocenters. The van der Waals surface area contributed by atoms with Gasteiger partial charge in [0.1, 0.15) is 6.04 Å². The van der Waals surface area contributed by atoms with Crippen molar-refractivity contribution in [2.24, 2.45) is 5.84 Å². The van der Waals surface area contributed by atoms with Gasteiger partial charge in [-0.3, -0.25) is 14.8 Å². The summed E-state index contributed by atoms with van der Waals surface area (Å²) in [5.41, 5.74) is 2.40. The van der Waals surface area contributed by atoms with Crippen LogP contribution in [0.25, 0.3) is 10.8 Å². The van der Waals surface area contributed by atoms with E-state index in [0.717, 1.165) is 16.3 Å². The highest BCUT2D eigenvalue weighted by atomic mass is 19.4. The van der Waals surface area contributed by atoms with Crippen LogP contribution in [0.15, 0.2) is 85.2 Å². The van der Waals surface area contributed by atoms with Crippen LogP contribution in [0.3, 0.4) is 0 Å². The molecule has 3 aromatic carbocycles. The summed E-state index contributed by atoms with van der Waals surface area (Å²) in [6.45, 7) is 8.25. The molecule has 1 heterocycles. The van der Waals surface area contributed by atoms with Crippen molar-refractivity contribution in [1.82, 2.24) is 10.3 Å². The first-order chi connectivity index (χ1) is 20.8. The van der Waals surface area contributed by atoms with Crippen LogP contribution in [-0.2, 0) is 9.59 Å². The van der Waals surface area contributed by atoms with Crippen molar-refractivity contribution in [3.05, 3.63) is 96.3 Å². The number of carbonyl (C=O) groups excluding carboxylic acids is 1. The van der Waals surface area contributed by atoms with Gasteiger partial charge >= 0.3 is 12.1 Å². The van der Waals surface area contributed by atoms with Crippen molar-refractivity contribution in [2.75, 3.05) is 11.6 Å². The number of nitrogens with two attached hydrogens (primary N) is 1. The summed E-state index contributed by atoms with van der Waals surface area (Å²) in [6, 6.07) is 22.1. The summed E-state index contributed by atoms with van der Waals surface area (Å²) in [5.74, 6) is 4.91. The Morgan fingerprint density at radius 1 is 0.955 bits per heavy atom. The third kappa shape index (κ3) is 9.08. The van der Waals surface area contributed by atoms with E-state index in [0.29, 0.717) is 29.4 Å². The Balaban J connectivity index is 0.000000676. The molecule has 0 spiro atoms. The Morgan fingerprint density at radius 3 is 2.25 bits per heavy atom. The van der Waals surface area contributed by atoms with Crippen LogP contribution in [0, 0.1) is 0 Å². The molecule has 0 aliphatic rings. The molecule has 0 aliphatic heterocycles. The lowest BCUT2D eigenvalue weighted by molar-refractivity contribution is -0.192. The highest BCUT2D eigenvalue weighted by Gasteiger charge is 2.38. The van der Waals surface area contributed by atoms with Gasteiger partial charge in [0.05, 0.1) is 24.4 Å². The summed E-state index contributed by atoms with van der Waals surface area (Å²) >= 11 is 0. The third-order valence-electron chi connectivity index (χ3n) is 6.30. The summed E-state index contributed by atoms with van der Waals surface area (Å²) in [6.07, 6.45) is -1.57. The van der Waals surface area contributed by atoms with E-state index in [1.54, 1.807) is 12.4 Å². The van der Waals surface area contributed by atoms with E-state index in [4.69, 9.17) is 25.2 Å². The molecule has 9 nitrogen and oxygen atoms in total. The Bertz CT molecular complexity index is 1550. The van der Waals surface area contributed by atoms with Crippen LogP contribution < -0.4 is 25.6 Å². The van der Waals surface area contributed by atoms with E-state index in [1.165, 1.54) is 5.01 Å². The van der Waals surface area contributed by atoms with Gasteiger partial charge in [0.15, 0.2) is 11.5 Å². The Kier molecular flexibility index (Phi) is 11.5. The number of rotatable bonds is 10. The third-order valence-corrected chi connectivity index (χ3v) is 6.30. The number of carboxylic acids is 1. The van der Waals surface area contributed by atoms with E-state index in [-0.39, 0.29) is 18.1 Å². The lowest BCUT2D eigenvalue weighted by atomic mass is 10.0. The van der Waals surface area contributed by atoms with E-state index in [9.17, 15) is 18.0 Å². The zero-order valence-electron chi connectivity index (χ0n) is 24.7. The molecule has 0 fully saturated rings. The number of nitrogens with one attached hydrogen (secondary N) is 1. The molecule has 12 heteroatoms. The second kappa shape index (κ2) is 15.1. The van der Waals surface area contributed by atoms with Gasteiger partial charge in [0, 0.05) is 17.8 Å². The van der Waals surface area contributed by atoms with Crippen molar-refractivity contribution in [3.63, 3.8) is 0 Å². The molecule has 4 N–H and O–H groups in total. The van der Waals surface area contributed by atoms with Gasteiger partial charge in [-0.25, -0.2) is 10.6 Å². The fraction of sp³-hybridized carbons (Fsp3) is 0.281. The number of amides is 1. The molecule has 0 aliphatic carbocycles. The molecule has 0 radical (unpaired) electrons. The normalized spacial score (nSPS) is 12.5. The van der Waals surface area contributed by atoms with Crippen LogP contribution in [0.1, 0.15) is 50.9 Å². The minimum atomic E-state index is -5.08. The topological polar surface area (TPSA) is 127 Å². The average molecular weight is 613 g/mol. The fourth-order valence-electron chi connectivity index (χ4n) is 4.25. The minimum absolute atomic E-state index is 0.0195.